The van der Waals surface area contributed by atoms with Gasteiger partial charge in [-0.05, 0) is 13.0 Å². The van der Waals surface area contributed by atoms with Gasteiger partial charge >= 0.3 is 0 Å². The van der Waals surface area contributed by atoms with Crippen molar-refractivity contribution < 1.29 is 0 Å². The van der Waals surface area contributed by atoms with Gasteiger partial charge in [0.05, 0.1) is 0 Å². The van der Waals surface area contributed by atoms with Crippen LogP contribution in [-0.2, 0) is 0 Å². The summed E-state index contributed by atoms with van der Waals surface area (Å²) < 4.78 is -0.880. The molecular formula is C6H8Cl2. The van der Waals surface area contributed by atoms with Crippen LogP contribution in [0, 0.1) is 0 Å². The molecule has 0 amide bonds. The summed E-state index contributed by atoms with van der Waals surface area (Å²) in [5, 5.41) is 0. The van der Waals surface area contributed by atoms with Crippen molar-refractivity contribution in [1.82, 2.24) is 0 Å². The van der Waals surface area contributed by atoms with Crippen molar-refractivity contribution in [3.8, 4) is 0 Å². The maximum Gasteiger partial charge on any atom is 0.154 e. The summed E-state index contributed by atoms with van der Waals surface area (Å²) in [6.07, 6.45) is 4.90. The highest BCUT2D eigenvalue weighted by atomic mass is 35.5. The average molecular weight is 151 g/mol. The fourth-order valence-electron chi connectivity index (χ4n) is 0.290. The van der Waals surface area contributed by atoms with Gasteiger partial charge in [0.2, 0.25) is 0 Å². The summed E-state index contributed by atoms with van der Waals surface area (Å²) in [5.74, 6) is 0. The summed E-state index contributed by atoms with van der Waals surface area (Å²) in [5.41, 5.74) is 0. The zero-order valence-corrected chi connectivity index (χ0v) is 6.21. The first kappa shape index (κ1) is 8.06. The molecule has 0 aromatic heterocycles. The lowest BCUT2D eigenvalue weighted by Crippen LogP contribution is -2.00. The quantitative estimate of drug-likeness (QED) is 0.420. The van der Waals surface area contributed by atoms with Crippen molar-refractivity contribution in [3.05, 3.63) is 24.8 Å². The third-order valence-corrected chi connectivity index (χ3v) is 1.22. The van der Waals surface area contributed by atoms with Crippen molar-refractivity contribution in [1.29, 1.82) is 0 Å². The van der Waals surface area contributed by atoms with Gasteiger partial charge in [-0.3, -0.25) is 0 Å². The Hall–Kier alpha value is 0.0600. The average Bonchev–Trinajstić information content (AvgIpc) is 1.67. The summed E-state index contributed by atoms with van der Waals surface area (Å²) in [4.78, 5) is 0. The molecule has 2 heteroatoms. The summed E-state index contributed by atoms with van der Waals surface area (Å²) in [7, 11) is 0. The lowest BCUT2D eigenvalue weighted by molar-refractivity contribution is 1.27. The summed E-state index contributed by atoms with van der Waals surface area (Å²) >= 11 is 11.2. The van der Waals surface area contributed by atoms with Gasteiger partial charge in [0.25, 0.3) is 0 Å². The van der Waals surface area contributed by atoms with Crippen LogP contribution in [-0.4, -0.2) is 4.33 Å². The van der Waals surface area contributed by atoms with Gasteiger partial charge in [0, 0.05) is 0 Å². The molecule has 0 bridgehead atoms. The van der Waals surface area contributed by atoms with E-state index in [0.717, 1.165) is 0 Å². The second-order valence-electron chi connectivity index (χ2n) is 1.38. The van der Waals surface area contributed by atoms with E-state index in [-0.39, 0.29) is 0 Å². The molecule has 0 saturated heterocycles. The Morgan fingerprint density at radius 3 is 2.12 bits per heavy atom. The molecule has 8 heavy (non-hydrogen) atoms. The minimum atomic E-state index is -0.880. The van der Waals surface area contributed by atoms with Crippen LogP contribution in [0.25, 0.3) is 0 Å². The van der Waals surface area contributed by atoms with E-state index in [4.69, 9.17) is 23.2 Å². The van der Waals surface area contributed by atoms with Crippen molar-refractivity contribution in [2.45, 2.75) is 11.3 Å². The Bertz CT molecular complexity index is 103. The molecule has 0 aliphatic rings. The molecule has 0 aliphatic heterocycles. The molecule has 0 aromatic carbocycles. The smallest absolute Gasteiger partial charge is 0.0998 e. The highest BCUT2D eigenvalue weighted by Crippen LogP contribution is 2.22. The summed E-state index contributed by atoms with van der Waals surface area (Å²) in [6, 6.07) is 0. The van der Waals surface area contributed by atoms with Crippen LogP contribution in [0.2, 0.25) is 0 Å². The minimum Gasteiger partial charge on any atom is -0.0998 e. The van der Waals surface area contributed by atoms with E-state index in [0.29, 0.717) is 0 Å². The number of hydrogen-bond acceptors (Lipinski definition) is 0. The van der Waals surface area contributed by atoms with Crippen molar-refractivity contribution >= 4 is 23.2 Å². The highest BCUT2D eigenvalue weighted by molar-refractivity contribution is 6.51. The molecule has 0 rings (SSSR count). The van der Waals surface area contributed by atoms with E-state index >= 15 is 0 Å². The van der Waals surface area contributed by atoms with Crippen LogP contribution >= 0.6 is 23.2 Å². The molecule has 0 atom stereocenters. The first-order chi connectivity index (χ1) is 3.62. The van der Waals surface area contributed by atoms with Gasteiger partial charge in [-0.2, -0.15) is 0 Å². The molecule has 46 valence electrons. The first-order valence-electron chi connectivity index (χ1n) is 2.27. The molecule has 0 radical (unpaired) electrons. The van der Waals surface area contributed by atoms with E-state index in [1.54, 1.807) is 12.2 Å². The second-order valence-corrected chi connectivity index (χ2v) is 2.82. The molecule has 0 nitrogen and oxygen atoms in total. The fraction of sp³-hybridized carbons (Fsp3) is 0.333. The first-order valence-corrected chi connectivity index (χ1v) is 3.03. The van der Waals surface area contributed by atoms with Gasteiger partial charge in [-0.25, -0.2) is 0 Å². The van der Waals surface area contributed by atoms with Gasteiger partial charge < -0.3 is 0 Å². The molecule has 0 heterocycles. The van der Waals surface area contributed by atoms with Crippen LogP contribution in [0.1, 0.15) is 6.92 Å². The Morgan fingerprint density at radius 1 is 1.50 bits per heavy atom. The molecule has 0 spiro atoms. The standard InChI is InChI=1S/C6H8Cl2/c1-3-5-6(7,8)4-2/h3-5H,2H2,1H3/b5-3+. The molecule has 0 N–H and O–H groups in total. The van der Waals surface area contributed by atoms with Gasteiger partial charge in [-0.15, -0.1) is 0 Å². The Balaban J connectivity index is 3.90. The van der Waals surface area contributed by atoms with E-state index in [1.165, 1.54) is 6.08 Å². The third-order valence-electron chi connectivity index (χ3n) is 0.661. The molecule has 0 aromatic rings. The van der Waals surface area contributed by atoms with E-state index < -0.39 is 4.33 Å². The predicted octanol–water partition coefficient (Wildman–Crippen LogP) is 2.92. The maximum absolute atomic E-state index is 5.58. The zero-order chi connectivity index (χ0) is 6.62. The van der Waals surface area contributed by atoms with Gasteiger partial charge in [0.15, 0.2) is 4.33 Å². The van der Waals surface area contributed by atoms with Crippen molar-refractivity contribution in [2.75, 3.05) is 0 Å². The number of allylic oxidation sites excluding steroid dienone is 3. The van der Waals surface area contributed by atoms with Crippen LogP contribution in [0.3, 0.4) is 0 Å². The Morgan fingerprint density at radius 2 is 2.00 bits per heavy atom. The number of rotatable bonds is 2. The molecule has 0 saturated carbocycles. The monoisotopic (exact) mass is 150 g/mol. The van der Waals surface area contributed by atoms with E-state index in [1.807, 2.05) is 6.92 Å². The third kappa shape index (κ3) is 3.11. The summed E-state index contributed by atoms with van der Waals surface area (Å²) in [6.45, 7) is 5.29. The fourth-order valence-corrected chi connectivity index (χ4v) is 0.542. The Labute approximate surface area is 59.8 Å². The molecular weight excluding hydrogens is 143 g/mol. The molecule has 0 fully saturated rings. The minimum absolute atomic E-state index is 0.880. The largest absolute Gasteiger partial charge is 0.154 e. The van der Waals surface area contributed by atoms with Crippen molar-refractivity contribution in [3.63, 3.8) is 0 Å². The van der Waals surface area contributed by atoms with Crippen LogP contribution in [0.5, 0.6) is 0 Å². The normalized spacial score (nSPS) is 12.4. The topological polar surface area (TPSA) is 0 Å². The second kappa shape index (κ2) is 3.16. The zero-order valence-electron chi connectivity index (χ0n) is 4.70. The van der Waals surface area contributed by atoms with Gasteiger partial charge in [-0.1, -0.05) is 41.9 Å². The number of halogens is 2. The molecule has 0 unspecified atom stereocenters. The highest BCUT2D eigenvalue weighted by Gasteiger charge is 2.11. The van der Waals surface area contributed by atoms with Crippen LogP contribution in [0.4, 0.5) is 0 Å². The van der Waals surface area contributed by atoms with Crippen LogP contribution < -0.4 is 0 Å². The Kier molecular flexibility index (Phi) is 3.18. The van der Waals surface area contributed by atoms with Gasteiger partial charge in [0.1, 0.15) is 0 Å². The van der Waals surface area contributed by atoms with E-state index in [2.05, 4.69) is 6.58 Å². The predicted molar refractivity (Wildman–Crippen MR) is 39.4 cm³/mol. The SMILES string of the molecule is C=CC(Cl)(Cl)/C=C/C. The lowest BCUT2D eigenvalue weighted by Gasteiger charge is -2.05. The number of hydrogen-bond donors (Lipinski definition) is 0. The van der Waals surface area contributed by atoms with Crippen LogP contribution in [0.15, 0.2) is 24.8 Å². The van der Waals surface area contributed by atoms with E-state index in [9.17, 15) is 0 Å². The number of alkyl halides is 2. The van der Waals surface area contributed by atoms with Crippen molar-refractivity contribution in [2.24, 2.45) is 0 Å². The molecule has 0 aliphatic carbocycles. The lowest BCUT2D eigenvalue weighted by atomic mass is 10.4. The maximum atomic E-state index is 5.58.